The van der Waals surface area contributed by atoms with Gasteiger partial charge in [0.05, 0.1) is 31.1 Å². The van der Waals surface area contributed by atoms with E-state index in [2.05, 4.69) is 20.9 Å². The summed E-state index contributed by atoms with van der Waals surface area (Å²) in [5.74, 6) is -1.84. The summed E-state index contributed by atoms with van der Waals surface area (Å²) in [4.78, 5) is 25.2. The Morgan fingerprint density at radius 2 is 1.91 bits per heavy atom. The van der Waals surface area contributed by atoms with Gasteiger partial charge in [0.1, 0.15) is 5.65 Å². The molecule has 1 atom stereocenters. The average molecular weight is 480 g/mol. The van der Waals surface area contributed by atoms with Crippen LogP contribution in [0.25, 0.3) is 22.2 Å². The number of H-pyrrole nitrogens is 1. The van der Waals surface area contributed by atoms with Crippen molar-refractivity contribution in [3.8, 4) is 11.1 Å². The second-order valence-electron chi connectivity index (χ2n) is 9.00. The number of aromatic nitrogens is 3. The SMILES string of the molecule is CN(C)CC(c1ccc(F)c(F)c1)n1ccc(-c2c[nH]c3ncc(N4CCOCC4)cc23)cc1=O. The number of rotatable bonds is 6. The van der Waals surface area contributed by atoms with Crippen LogP contribution in [0.2, 0.25) is 0 Å². The molecule has 0 bridgehead atoms. The Balaban J connectivity index is 1.52. The van der Waals surface area contributed by atoms with Gasteiger partial charge in [-0.1, -0.05) is 6.07 Å². The maximum Gasteiger partial charge on any atom is 0.251 e. The quantitative estimate of drug-likeness (QED) is 0.457. The normalized spacial score (nSPS) is 15.2. The van der Waals surface area contributed by atoms with Gasteiger partial charge in [-0.2, -0.15) is 0 Å². The number of benzene rings is 1. The number of nitrogens with one attached hydrogen (secondary N) is 1. The predicted octanol–water partition coefficient (Wildman–Crippen LogP) is 3.66. The van der Waals surface area contributed by atoms with Crippen molar-refractivity contribution in [2.75, 3.05) is 51.8 Å². The topological polar surface area (TPSA) is 66.4 Å². The van der Waals surface area contributed by atoms with Crippen LogP contribution in [0.3, 0.4) is 0 Å². The van der Waals surface area contributed by atoms with Crippen LogP contribution in [0.5, 0.6) is 0 Å². The third-order valence-electron chi connectivity index (χ3n) is 6.35. The lowest BCUT2D eigenvalue weighted by Gasteiger charge is -2.28. The summed E-state index contributed by atoms with van der Waals surface area (Å²) in [6.45, 7) is 3.43. The molecule has 1 aromatic carbocycles. The fourth-order valence-corrected chi connectivity index (χ4v) is 4.56. The molecule has 9 heteroatoms. The molecule has 1 fully saturated rings. The molecule has 182 valence electrons. The lowest BCUT2D eigenvalue weighted by Crippen LogP contribution is -2.36. The molecule has 1 aliphatic rings. The Hall–Kier alpha value is -3.56. The smallest absolute Gasteiger partial charge is 0.251 e. The Morgan fingerprint density at radius 1 is 1.11 bits per heavy atom. The number of anilines is 1. The zero-order valence-corrected chi connectivity index (χ0v) is 19.7. The Bertz CT molecular complexity index is 1410. The van der Waals surface area contributed by atoms with Crippen LogP contribution in [0.1, 0.15) is 11.6 Å². The van der Waals surface area contributed by atoms with E-state index in [-0.39, 0.29) is 5.56 Å². The van der Waals surface area contributed by atoms with E-state index >= 15 is 0 Å². The van der Waals surface area contributed by atoms with E-state index in [9.17, 15) is 13.6 Å². The van der Waals surface area contributed by atoms with Gasteiger partial charge in [0.25, 0.3) is 5.56 Å². The first-order chi connectivity index (χ1) is 16.9. The lowest BCUT2D eigenvalue weighted by atomic mass is 10.0. The largest absolute Gasteiger partial charge is 0.378 e. The number of morpholine rings is 1. The van der Waals surface area contributed by atoms with E-state index in [1.54, 1.807) is 16.8 Å². The summed E-state index contributed by atoms with van der Waals surface area (Å²) < 4.78 is 34.5. The highest BCUT2D eigenvalue weighted by Gasteiger charge is 2.20. The van der Waals surface area contributed by atoms with Crippen molar-refractivity contribution in [1.29, 1.82) is 0 Å². The van der Waals surface area contributed by atoms with E-state index in [1.807, 2.05) is 37.5 Å². The van der Waals surface area contributed by atoms with Gasteiger partial charge in [-0.05, 0) is 49.5 Å². The van der Waals surface area contributed by atoms with E-state index in [0.717, 1.165) is 53.1 Å². The van der Waals surface area contributed by atoms with Crippen molar-refractivity contribution in [1.82, 2.24) is 19.4 Å². The Morgan fingerprint density at radius 3 is 2.63 bits per heavy atom. The van der Waals surface area contributed by atoms with Crippen LogP contribution in [0, 0.1) is 11.6 Å². The highest BCUT2D eigenvalue weighted by atomic mass is 19.2. The first kappa shape index (κ1) is 23.2. The van der Waals surface area contributed by atoms with Gasteiger partial charge < -0.3 is 24.1 Å². The maximum absolute atomic E-state index is 14.0. The summed E-state index contributed by atoms with van der Waals surface area (Å²) in [6, 6.07) is 8.83. The highest BCUT2D eigenvalue weighted by Crippen LogP contribution is 2.30. The van der Waals surface area contributed by atoms with Crippen LogP contribution in [0.15, 0.2) is 59.8 Å². The van der Waals surface area contributed by atoms with Gasteiger partial charge in [0.2, 0.25) is 0 Å². The first-order valence-electron chi connectivity index (χ1n) is 11.5. The number of nitrogens with zero attached hydrogens (tertiary/aromatic N) is 4. The molecule has 3 aromatic heterocycles. The number of fused-ring (bicyclic) bond motifs is 1. The molecule has 7 nitrogen and oxygen atoms in total. The fraction of sp³-hybridized carbons (Fsp3) is 0.308. The number of ether oxygens (including phenoxy) is 1. The van der Waals surface area contributed by atoms with E-state index in [1.165, 1.54) is 6.07 Å². The van der Waals surface area contributed by atoms with E-state index in [4.69, 9.17) is 4.74 Å². The second-order valence-corrected chi connectivity index (χ2v) is 9.00. The number of halogens is 2. The minimum absolute atomic E-state index is 0.231. The van der Waals surface area contributed by atoms with Gasteiger partial charge in [-0.3, -0.25) is 4.79 Å². The molecular formula is C26H27F2N5O2. The van der Waals surface area contributed by atoms with Crippen molar-refractivity contribution in [3.63, 3.8) is 0 Å². The number of hydrogen-bond acceptors (Lipinski definition) is 5. The van der Waals surface area contributed by atoms with Crippen LogP contribution in [-0.4, -0.2) is 66.4 Å². The highest BCUT2D eigenvalue weighted by molar-refractivity contribution is 5.95. The second kappa shape index (κ2) is 9.59. The van der Waals surface area contributed by atoms with Crippen molar-refractivity contribution < 1.29 is 13.5 Å². The van der Waals surface area contributed by atoms with Crippen molar-refractivity contribution in [3.05, 3.63) is 82.5 Å². The lowest BCUT2D eigenvalue weighted by molar-refractivity contribution is 0.122. The third kappa shape index (κ3) is 4.69. The molecule has 0 saturated carbocycles. The molecule has 0 spiro atoms. The average Bonchev–Trinajstić information content (AvgIpc) is 3.28. The summed E-state index contributed by atoms with van der Waals surface area (Å²) >= 11 is 0. The molecule has 0 aliphatic carbocycles. The predicted molar refractivity (Wildman–Crippen MR) is 132 cm³/mol. The standard InChI is InChI=1S/C26H27F2N5O2/c1-31(2)16-24(18-3-4-22(27)23(28)11-18)33-6-5-17(12-25(33)34)21-15-30-26-20(21)13-19(14-29-26)32-7-9-35-10-8-32/h3-6,11-15,24H,7-10,16H2,1-2H3,(H,29,30). The summed E-state index contributed by atoms with van der Waals surface area (Å²) in [7, 11) is 3.74. The summed E-state index contributed by atoms with van der Waals surface area (Å²) in [5, 5.41) is 0.927. The first-order valence-corrected chi connectivity index (χ1v) is 11.5. The maximum atomic E-state index is 14.0. The molecule has 1 unspecified atom stereocenters. The zero-order valence-electron chi connectivity index (χ0n) is 19.7. The van der Waals surface area contributed by atoms with E-state index < -0.39 is 17.7 Å². The molecule has 0 amide bonds. The van der Waals surface area contributed by atoms with Crippen LogP contribution < -0.4 is 10.5 Å². The zero-order chi connectivity index (χ0) is 24.5. The minimum Gasteiger partial charge on any atom is -0.378 e. The Kier molecular flexibility index (Phi) is 6.36. The summed E-state index contributed by atoms with van der Waals surface area (Å²) in [6.07, 6.45) is 5.41. The molecular weight excluding hydrogens is 452 g/mol. The third-order valence-corrected chi connectivity index (χ3v) is 6.35. The van der Waals surface area contributed by atoms with E-state index in [0.29, 0.717) is 25.3 Å². The molecule has 4 aromatic rings. The van der Waals surface area contributed by atoms with Crippen LogP contribution in [0.4, 0.5) is 14.5 Å². The van der Waals surface area contributed by atoms with Crippen molar-refractivity contribution in [2.24, 2.45) is 0 Å². The van der Waals surface area contributed by atoms with Crippen molar-refractivity contribution in [2.45, 2.75) is 6.04 Å². The van der Waals surface area contributed by atoms with Gasteiger partial charge in [-0.15, -0.1) is 0 Å². The van der Waals surface area contributed by atoms with Crippen LogP contribution in [-0.2, 0) is 4.74 Å². The van der Waals surface area contributed by atoms with Crippen molar-refractivity contribution >= 4 is 16.7 Å². The molecule has 35 heavy (non-hydrogen) atoms. The molecule has 1 N–H and O–H groups in total. The van der Waals surface area contributed by atoms with Gasteiger partial charge >= 0.3 is 0 Å². The number of aromatic amines is 1. The fourth-order valence-electron chi connectivity index (χ4n) is 4.56. The molecule has 5 rings (SSSR count). The monoisotopic (exact) mass is 479 g/mol. The van der Waals surface area contributed by atoms with Gasteiger partial charge in [-0.25, -0.2) is 13.8 Å². The van der Waals surface area contributed by atoms with Gasteiger partial charge in [0.15, 0.2) is 11.6 Å². The van der Waals surface area contributed by atoms with Gasteiger partial charge in [0, 0.05) is 49.0 Å². The molecule has 0 radical (unpaired) electrons. The summed E-state index contributed by atoms with van der Waals surface area (Å²) in [5.41, 5.74) is 3.69. The molecule has 1 saturated heterocycles. The van der Waals surface area contributed by atoms with Crippen LogP contribution >= 0.6 is 0 Å². The number of hydrogen-bond donors (Lipinski definition) is 1. The number of pyridine rings is 2. The molecule has 1 aliphatic heterocycles. The minimum atomic E-state index is -0.932. The molecule has 4 heterocycles. The number of likely N-dealkylation sites (N-methyl/N-ethyl adjacent to an activating group) is 1. The Labute approximate surface area is 201 Å².